The van der Waals surface area contributed by atoms with E-state index in [-0.39, 0.29) is 0 Å². The maximum atomic E-state index is 5.73. The van der Waals surface area contributed by atoms with Crippen LogP contribution in [0.3, 0.4) is 0 Å². The smallest absolute Gasteiger partial charge is 0.0593 e. The third-order valence-electron chi connectivity index (χ3n) is 3.19. The van der Waals surface area contributed by atoms with Gasteiger partial charge in [0, 0.05) is 29.9 Å². The monoisotopic (exact) mass is 312 g/mol. The predicted octanol–water partition coefficient (Wildman–Crippen LogP) is 2.89. The van der Waals surface area contributed by atoms with Gasteiger partial charge >= 0.3 is 0 Å². The quantitative estimate of drug-likeness (QED) is 0.621. The fraction of sp³-hybridized carbons (Fsp3) is 0.571. The zero-order valence-corrected chi connectivity index (χ0v) is 12.4. The molecule has 0 heterocycles. The normalized spacial score (nSPS) is 15.3. The molecule has 1 fully saturated rings. The van der Waals surface area contributed by atoms with Crippen LogP contribution in [0.4, 0.5) is 5.69 Å². The van der Waals surface area contributed by atoms with Gasteiger partial charge in [0.2, 0.25) is 0 Å². The van der Waals surface area contributed by atoms with E-state index in [1.54, 1.807) is 0 Å². The second kappa shape index (κ2) is 6.55. The maximum absolute atomic E-state index is 5.73. The van der Waals surface area contributed by atoms with Gasteiger partial charge < -0.3 is 10.5 Å². The average molecular weight is 313 g/mol. The van der Waals surface area contributed by atoms with Crippen LogP contribution in [-0.2, 0) is 11.3 Å². The minimum atomic E-state index is 0.793. The van der Waals surface area contributed by atoms with E-state index in [1.807, 2.05) is 12.1 Å². The van der Waals surface area contributed by atoms with Crippen molar-refractivity contribution in [1.82, 2.24) is 4.90 Å². The second-order valence-electron chi connectivity index (χ2n) is 5.11. The molecule has 0 bridgehead atoms. The summed E-state index contributed by atoms with van der Waals surface area (Å²) in [6, 6.07) is 5.96. The van der Waals surface area contributed by atoms with Gasteiger partial charge in [0.15, 0.2) is 0 Å². The average Bonchev–Trinajstić information content (AvgIpc) is 3.12. The number of halogens is 1. The topological polar surface area (TPSA) is 38.5 Å². The molecule has 0 aliphatic heterocycles. The summed E-state index contributed by atoms with van der Waals surface area (Å²) in [6.07, 6.45) is 2.71. The van der Waals surface area contributed by atoms with Crippen molar-refractivity contribution in [2.75, 3.05) is 32.5 Å². The number of ether oxygens (including phenoxy) is 1. The molecule has 2 rings (SSSR count). The Hall–Kier alpha value is -0.580. The summed E-state index contributed by atoms with van der Waals surface area (Å²) in [5.74, 6) is 0.849. The molecule has 0 unspecified atom stereocenters. The van der Waals surface area contributed by atoms with E-state index in [0.29, 0.717) is 0 Å². The van der Waals surface area contributed by atoms with Crippen molar-refractivity contribution in [2.45, 2.75) is 19.4 Å². The number of nitrogen functional groups attached to an aromatic ring is 1. The third-order valence-corrected chi connectivity index (χ3v) is 3.92. The number of benzene rings is 1. The lowest BCUT2D eigenvalue weighted by Gasteiger charge is -2.17. The van der Waals surface area contributed by atoms with Gasteiger partial charge in [-0.1, -0.05) is 22.0 Å². The number of likely N-dealkylation sites (N-methyl/N-ethyl adjacent to an activating group) is 1. The van der Waals surface area contributed by atoms with Crippen molar-refractivity contribution in [3.63, 3.8) is 0 Å². The molecule has 1 aromatic carbocycles. The molecule has 0 amide bonds. The van der Waals surface area contributed by atoms with E-state index >= 15 is 0 Å². The number of hydrogen-bond acceptors (Lipinski definition) is 3. The SMILES string of the molecule is CN(CCOCC1CC1)Cc1ccc(N)cc1Br. The predicted molar refractivity (Wildman–Crippen MR) is 78.4 cm³/mol. The summed E-state index contributed by atoms with van der Waals surface area (Å²) in [5, 5.41) is 0. The molecule has 2 N–H and O–H groups in total. The Labute approximate surface area is 117 Å². The van der Waals surface area contributed by atoms with Gasteiger partial charge in [0.25, 0.3) is 0 Å². The molecule has 18 heavy (non-hydrogen) atoms. The maximum Gasteiger partial charge on any atom is 0.0593 e. The Morgan fingerprint density at radius 3 is 2.89 bits per heavy atom. The van der Waals surface area contributed by atoms with Crippen LogP contribution in [0, 0.1) is 5.92 Å². The number of rotatable bonds is 7. The molecule has 1 aromatic rings. The highest BCUT2D eigenvalue weighted by molar-refractivity contribution is 9.10. The fourth-order valence-electron chi connectivity index (χ4n) is 1.82. The number of hydrogen-bond donors (Lipinski definition) is 1. The summed E-state index contributed by atoms with van der Waals surface area (Å²) >= 11 is 3.55. The molecule has 0 atom stereocenters. The molecule has 1 aliphatic rings. The highest BCUT2D eigenvalue weighted by Gasteiger charge is 2.20. The van der Waals surface area contributed by atoms with Crippen LogP contribution < -0.4 is 5.73 Å². The van der Waals surface area contributed by atoms with Crippen molar-refractivity contribution in [1.29, 1.82) is 0 Å². The Morgan fingerprint density at radius 2 is 2.22 bits per heavy atom. The number of anilines is 1. The second-order valence-corrected chi connectivity index (χ2v) is 5.96. The lowest BCUT2D eigenvalue weighted by Crippen LogP contribution is -2.23. The standard InChI is InChI=1S/C14H21BrN2O/c1-17(6-7-18-10-11-2-3-11)9-12-4-5-13(16)8-14(12)15/h4-5,8,11H,2-3,6-7,9-10,16H2,1H3. The van der Waals surface area contributed by atoms with E-state index in [4.69, 9.17) is 10.5 Å². The van der Waals surface area contributed by atoms with Crippen molar-refractivity contribution < 1.29 is 4.74 Å². The summed E-state index contributed by atoms with van der Waals surface area (Å²) in [5.41, 5.74) is 7.78. The minimum Gasteiger partial charge on any atom is -0.399 e. The van der Waals surface area contributed by atoms with E-state index < -0.39 is 0 Å². The first-order chi connectivity index (χ1) is 8.65. The van der Waals surface area contributed by atoms with Crippen LogP contribution in [-0.4, -0.2) is 31.7 Å². The molecule has 0 radical (unpaired) electrons. The number of nitrogens with zero attached hydrogens (tertiary/aromatic N) is 1. The molecule has 3 nitrogen and oxygen atoms in total. The van der Waals surface area contributed by atoms with Crippen LogP contribution in [0.25, 0.3) is 0 Å². The molecule has 1 aliphatic carbocycles. The van der Waals surface area contributed by atoms with E-state index in [2.05, 4.69) is 33.9 Å². The molecule has 100 valence electrons. The lowest BCUT2D eigenvalue weighted by atomic mass is 10.2. The summed E-state index contributed by atoms with van der Waals surface area (Å²) in [7, 11) is 2.11. The molecule has 4 heteroatoms. The minimum absolute atomic E-state index is 0.793. The summed E-state index contributed by atoms with van der Waals surface area (Å²) in [6.45, 7) is 3.64. The first-order valence-corrected chi connectivity index (χ1v) is 7.24. The molecular formula is C14H21BrN2O. The molecule has 0 spiro atoms. The first-order valence-electron chi connectivity index (χ1n) is 6.45. The zero-order valence-electron chi connectivity index (χ0n) is 10.9. The highest BCUT2D eigenvalue weighted by Crippen LogP contribution is 2.28. The van der Waals surface area contributed by atoms with Gasteiger partial charge in [-0.15, -0.1) is 0 Å². The summed E-state index contributed by atoms with van der Waals surface area (Å²) in [4.78, 5) is 2.27. The highest BCUT2D eigenvalue weighted by atomic mass is 79.9. The molecule has 1 saturated carbocycles. The van der Waals surface area contributed by atoms with Gasteiger partial charge in [-0.3, -0.25) is 4.90 Å². The molecule has 0 aromatic heterocycles. The third kappa shape index (κ3) is 4.59. The molecular weight excluding hydrogens is 292 g/mol. The van der Waals surface area contributed by atoms with Gasteiger partial charge in [-0.25, -0.2) is 0 Å². The van der Waals surface area contributed by atoms with Gasteiger partial charge in [-0.05, 0) is 43.5 Å². The van der Waals surface area contributed by atoms with Crippen LogP contribution in [0.2, 0.25) is 0 Å². The Bertz CT molecular complexity index is 393. The van der Waals surface area contributed by atoms with Crippen molar-refractivity contribution >= 4 is 21.6 Å². The van der Waals surface area contributed by atoms with E-state index in [9.17, 15) is 0 Å². The Morgan fingerprint density at radius 1 is 1.44 bits per heavy atom. The van der Waals surface area contributed by atoms with Gasteiger partial charge in [0.1, 0.15) is 0 Å². The van der Waals surface area contributed by atoms with Gasteiger partial charge in [0.05, 0.1) is 6.61 Å². The lowest BCUT2D eigenvalue weighted by molar-refractivity contribution is 0.102. The first kappa shape index (κ1) is 13.8. The fourth-order valence-corrected chi connectivity index (χ4v) is 2.34. The van der Waals surface area contributed by atoms with Crippen LogP contribution >= 0.6 is 15.9 Å². The van der Waals surface area contributed by atoms with Crippen molar-refractivity contribution in [2.24, 2.45) is 5.92 Å². The largest absolute Gasteiger partial charge is 0.399 e. The van der Waals surface area contributed by atoms with Crippen molar-refractivity contribution in [3.8, 4) is 0 Å². The summed E-state index contributed by atoms with van der Waals surface area (Å²) < 4.78 is 6.72. The zero-order chi connectivity index (χ0) is 13.0. The Balaban J connectivity index is 1.70. The van der Waals surface area contributed by atoms with Crippen molar-refractivity contribution in [3.05, 3.63) is 28.2 Å². The Kier molecular flexibility index (Phi) is 5.03. The van der Waals surface area contributed by atoms with Crippen LogP contribution in [0.5, 0.6) is 0 Å². The van der Waals surface area contributed by atoms with Gasteiger partial charge in [-0.2, -0.15) is 0 Å². The van der Waals surface area contributed by atoms with E-state index in [1.165, 1.54) is 18.4 Å². The van der Waals surface area contributed by atoms with E-state index in [0.717, 1.165) is 42.4 Å². The number of nitrogens with two attached hydrogens (primary N) is 1. The van der Waals surface area contributed by atoms with Crippen LogP contribution in [0.1, 0.15) is 18.4 Å². The van der Waals surface area contributed by atoms with Crippen LogP contribution in [0.15, 0.2) is 22.7 Å². The molecule has 0 saturated heterocycles.